The molecule has 0 saturated carbocycles. The van der Waals surface area contributed by atoms with Crippen LogP contribution in [0.3, 0.4) is 0 Å². The minimum absolute atomic E-state index is 0.000720. The molecule has 1 amide bonds. The summed E-state index contributed by atoms with van der Waals surface area (Å²) in [6.07, 6.45) is 3.34. The largest absolute Gasteiger partial charge is 0.487 e. The fourth-order valence-corrected chi connectivity index (χ4v) is 6.74. The molecule has 1 aromatic heterocycles. The summed E-state index contributed by atoms with van der Waals surface area (Å²) < 4.78 is 30.3. The highest BCUT2D eigenvalue weighted by Crippen LogP contribution is 2.23. The van der Waals surface area contributed by atoms with E-state index in [1.165, 1.54) is 6.42 Å². The number of ether oxygens (including phenoxy) is 1. The van der Waals surface area contributed by atoms with Gasteiger partial charge < -0.3 is 10.1 Å². The Morgan fingerprint density at radius 2 is 2.07 bits per heavy atom. The minimum Gasteiger partial charge on any atom is -0.487 e. The van der Waals surface area contributed by atoms with Crippen molar-refractivity contribution in [1.82, 2.24) is 15.2 Å². The first-order valence-electron chi connectivity index (χ1n) is 10.3. The maximum Gasteiger partial charge on any atom is 0.251 e. The van der Waals surface area contributed by atoms with Gasteiger partial charge in [0, 0.05) is 17.0 Å². The van der Waals surface area contributed by atoms with E-state index in [-0.39, 0.29) is 29.5 Å². The number of nitrogens with zero attached hydrogens (tertiary/aromatic N) is 2. The van der Waals surface area contributed by atoms with Crippen LogP contribution >= 0.6 is 11.3 Å². The van der Waals surface area contributed by atoms with Crippen molar-refractivity contribution in [2.75, 3.05) is 24.6 Å². The molecule has 3 heterocycles. The first-order chi connectivity index (χ1) is 14.4. The molecule has 4 rings (SSSR count). The number of carbonyl (C=O) groups is 1. The van der Waals surface area contributed by atoms with Crippen LogP contribution in [0.2, 0.25) is 0 Å². The van der Waals surface area contributed by atoms with E-state index in [0.717, 1.165) is 36.6 Å². The van der Waals surface area contributed by atoms with Gasteiger partial charge in [0.2, 0.25) is 0 Å². The van der Waals surface area contributed by atoms with Gasteiger partial charge >= 0.3 is 0 Å². The van der Waals surface area contributed by atoms with Crippen LogP contribution in [0.25, 0.3) is 0 Å². The highest BCUT2D eigenvalue weighted by Gasteiger charge is 2.42. The van der Waals surface area contributed by atoms with Crippen molar-refractivity contribution in [2.45, 2.75) is 44.9 Å². The molecule has 0 unspecified atom stereocenters. The summed E-state index contributed by atoms with van der Waals surface area (Å²) in [6.45, 7) is 4.07. The first kappa shape index (κ1) is 21.3. The van der Waals surface area contributed by atoms with Gasteiger partial charge in [-0.3, -0.25) is 9.69 Å². The summed E-state index contributed by atoms with van der Waals surface area (Å²) in [4.78, 5) is 19.5. The van der Waals surface area contributed by atoms with Crippen LogP contribution in [0.15, 0.2) is 29.6 Å². The van der Waals surface area contributed by atoms with Gasteiger partial charge in [-0.1, -0.05) is 12.5 Å². The Hall–Kier alpha value is -1.97. The molecule has 2 saturated heterocycles. The van der Waals surface area contributed by atoms with Crippen molar-refractivity contribution in [3.63, 3.8) is 0 Å². The minimum atomic E-state index is -3.15. The lowest BCUT2D eigenvalue weighted by atomic mass is 10.0. The fraction of sp³-hybridized carbons (Fsp3) is 0.524. The summed E-state index contributed by atoms with van der Waals surface area (Å²) in [5, 5.41) is 5.91. The standard InChI is InChI=1S/C21H27N3O4S2/c1-15-22-17(12-29-15)11-28-18-7-5-6-16(10-18)21(25)23-19-13-30(26,27)14-20(19)24-8-3-2-4-9-24/h5-7,10,12,19-20H,2-4,8-9,11,13-14H2,1H3,(H,23,25)/t19-,20+/m0/s1. The molecule has 2 aliphatic heterocycles. The number of benzene rings is 1. The molecule has 1 aromatic carbocycles. The van der Waals surface area contributed by atoms with Gasteiger partial charge in [-0.25, -0.2) is 13.4 Å². The van der Waals surface area contributed by atoms with E-state index in [1.54, 1.807) is 35.6 Å². The van der Waals surface area contributed by atoms with Crippen molar-refractivity contribution in [2.24, 2.45) is 0 Å². The number of thiazole rings is 1. The Morgan fingerprint density at radius 1 is 1.27 bits per heavy atom. The third kappa shape index (κ3) is 5.19. The predicted octanol–water partition coefficient (Wildman–Crippen LogP) is 2.41. The number of nitrogens with one attached hydrogen (secondary N) is 1. The number of amides is 1. The van der Waals surface area contributed by atoms with E-state index in [9.17, 15) is 13.2 Å². The smallest absolute Gasteiger partial charge is 0.251 e. The van der Waals surface area contributed by atoms with Gasteiger partial charge in [0.25, 0.3) is 5.91 Å². The monoisotopic (exact) mass is 449 g/mol. The molecule has 2 aliphatic rings. The molecular weight excluding hydrogens is 422 g/mol. The van der Waals surface area contributed by atoms with Gasteiger partial charge in [-0.15, -0.1) is 11.3 Å². The molecule has 7 nitrogen and oxygen atoms in total. The van der Waals surface area contributed by atoms with Crippen LogP contribution in [0.5, 0.6) is 5.75 Å². The number of aryl methyl sites for hydroxylation is 1. The Kier molecular flexibility index (Phi) is 6.40. The summed E-state index contributed by atoms with van der Waals surface area (Å²) in [7, 11) is -3.15. The van der Waals surface area contributed by atoms with E-state index < -0.39 is 9.84 Å². The zero-order valence-corrected chi connectivity index (χ0v) is 18.7. The molecular formula is C21H27N3O4S2. The quantitative estimate of drug-likeness (QED) is 0.729. The predicted molar refractivity (Wildman–Crippen MR) is 117 cm³/mol. The third-order valence-electron chi connectivity index (χ3n) is 5.65. The Bertz CT molecular complexity index is 999. The second-order valence-electron chi connectivity index (χ2n) is 8.00. The van der Waals surface area contributed by atoms with Gasteiger partial charge in [0.1, 0.15) is 12.4 Å². The molecule has 0 bridgehead atoms. The van der Waals surface area contributed by atoms with E-state index in [4.69, 9.17) is 4.74 Å². The average molecular weight is 450 g/mol. The summed E-state index contributed by atoms with van der Waals surface area (Å²) in [5.41, 5.74) is 1.32. The lowest BCUT2D eigenvalue weighted by Crippen LogP contribution is -2.52. The first-order valence-corrected chi connectivity index (χ1v) is 13.0. The molecule has 9 heteroatoms. The van der Waals surface area contributed by atoms with Crippen molar-refractivity contribution < 1.29 is 17.9 Å². The molecule has 0 aliphatic carbocycles. The number of hydrogen-bond acceptors (Lipinski definition) is 7. The molecule has 30 heavy (non-hydrogen) atoms. The van der Waals surface area contributed by atoms with Crippen molar-refractivity contribution in [1.29, 1.82) is 0 Å². The average Bonchev–Trinajstić information content (AvgIpc) is 3.29. The van der Waals surface area contributed by atoms with Gasteiger partial charge in [-0.2, -0.15) is 0 Å². The molecule has 2 atom stereocenters. The summed E-state index contributed by atoms with van der Waals surface area (Å²) in [6, 6.07) is 6.44. The van der Waals surface area contributed by atoms with Crippen LogP contribution < -0.4 is 10.1 Å². The van der Waals surface area contributed by atoms with E-state index >= 15 is 0 Å². The number of likely N-dealkylation sites (tertiary alicyclic amines) is 1. The number of carbonyl (C=O) groups excluding carboxylic acids is 1. The van der Waals surface area contributed by atoms with Crippen LogP contribution in [-0.2, 0) is 16.4 Å². The van der Waals surface area contributed by atoms with Crippen molar-refractivity contribution in [3.05, 3.63) is 45.9 Å². The molecule has 0 spiro atoms. The topological polar surface area (TPSA) is 88.6 Å². The maximum atomic E-state index is 12.9. The lowest BCUT2D eigenvalue weighted by molar-refractivity contribution is 0.0899. The SMILES string of the molecule is Cc1nc(COc2cccc(C(=O)N[C@H]3CS(=O)(=O)C[C@H]3N3CCCCC3)c2)cs1. The molecule has 1 N–H and O–H groups in total. The number of rotatable bonds is 6. The fourth-order valence-electron chi connectivity index (χ4n) is 4.19. The second kappa shape index (κ2) is 9.03. The Labute approximate surface area is 181 Å². The Balaban J connectivity index is 1.42. The molecule has 2 fully saturated rings. The third-order valence-corrected chi connectivity index (χ3v) is 8.19. The van der Waals surface area contributed by atoms with Gasteiger partial charge in [-0.05, 0) is 51.1 Å². The van der Waals surface area contributed by atoms with Crippen LogP contribution in [0.1, 0.15) is 40.3 Å². The molecule has 162 valence electrons. The summed E-state index contributed by atoms with van der Waals surface area (Å²) >= 11 is 1.57. The van der Waals surface area contributed by atoms with Gasteiger partial charge in [0.15, 0.2) is 9.84 Å². The van der Waals surface area contributed by atoms with Crippen molar-refractivity contribution >= 4 is 27.1 Å². The van der Waals surface area contributed by atoms with Crippen LogP contribution in [0, 0.1) is 6.92 Å². The van der Waals surface area contributed by atoms with Crippen LogP contribution in [-0.4, -0.2) is 60.9 Å². The normalized spacial score (nSPS) is 23.9. The maximum absolute atomic E-state index is 12.9. The van der Waals surface area contributed by atoms with Crippen molar-refractivity contribution in [3.8, 4) is 5.75 Å². The number of piperidine rings is 1. The number of hydrogen-bond donors (Lipinski definition) is 1. The second-order valence-corrected chi connectivity index (χ2v) is 11.2. The number of aromatic nitrogens is 1. The van der Waals surface area contributed by atoms with Crippen LogP contribution in [0.4, 0.5) is 0 Å². The molecule has 0 radical (unpaired) electrons. The molecule has 2 aromatic rings. The van der Waals surface area contributed by atoms with E-state index in [0.29, 0.717) is 17.9 Å². The van der Waals surface area contributed by atoms with E-state index in [1.807, 2.05) is 12.3 Å². The highest BCUT2D eigenvalue weighted by atomic mass is 32.2. The van der Waals surface area contributed by atoms with Gasteiger partial charge in [0.05, 0.1) is 28.2 Å². The highest BCUT2D eigenvalue weighted by molar-refractivity contribution is 7.91. The number of sulfone groups is 1. The van der Waals surface area contributed by atoms with E-state index in [2.05, 4.69) is 15.2 Å². The lowest BCUT2D eigenvalue weighted by Gasteiger charge is -2.35. The zero-order valence-electron chi connectivity index (χ0n) is 17.0. The summed E-state index contributed by atoms with van der Waals surface area (Å²) in [5.74, 6) is 0.432. The zero-order chi connectivity index (χ0) is 21.1. The Morgan fingerprint density at radius 3 is 2.80 bits per heavy atom.